The number of hydrazone groups is 1. The number of hydrogen-bond donors (Lipinski definition) is 1. The third-order valence-electron chi connectivity index (χ3n) is 5.24. The van der Waals surface area contributed by atoms with Crippen molar-refractivity contribution in [1.29, 1.82) is 0 Å². The van der Waals surface area contributed by atoms with Gasteiger partial charge in [-0.05, 0) is 62.2 Å². The quantitative estimate of drug-likeness (QED) is 0.658. The van der Waals surface area contributed by atoms with E-state index in [2.05, 4.69) is 4.98 Å². The molecule has 1 aromatic heterocycles. The summed E-state index contributed by atoms with van der Waals surface area (Å²) in [5.41, 5.74) is 4.04. The van der Waals surface area contributed by atoms with Gasteiger partial charge in [0.1, 0.15) is 11.6 Å². The number of rotatable bonds is 5. The van der Waals surface area contributed by atoms with Gasteiger partial charge in [0.05, 0.1) is 29.6 Å². The average molecular weight is 405 g/mol. The van der Waals surface area contributed by atoms with Crippen LogP contribution in [0.5, 0.6) is 5.75 Å². The monoisotopic (exact) mass is 405 g/mol. The molecule has 3 aromatic rings. The number of benzene rings is 2. The number of anilines is 1. The number of nitrogens with one attached hydrogen (secondary N) is 1. The van der Waals surface area contributed by atoms with Crippen molar-refractivity contribution in [3.8, 4) is 5.75 Å². The van der Waals surface area contributed by atoms with Crippen molar-refractivity contribution in [3.05, 3.63) is 93.2 Å². The Bertz CT molecular complexity index is 1150. The van der Waals surface area contributed by atoms with Gasteiger partial charge in [0, 0.05) is 12.1 Å². The topological polar surface area (TPSA) is 57.7 Å². The normalized spacial score (nSPS) is 15.9. The first-order chi connectivity index (χ1) is 14.5. The highest BCUT2D eigenvalue weighted by Gasteiger charge is 2.32. The maximum absolute atomic E-state index is 14.6. The van der Waals surface area contributed by atoms with Crippen molar-refractivity contribution < 1.29 is 9.13 Å². The van der Waals surface area contributed by atoms with E-state index >= 15 is 0 Å². The molecule has 6 heteroatoms. The molecule has 154 valence electrons. The van der Waals surface area contributed by atoms with Crippen LogP contribution in [0.4, 0.5) is 10.1 Å². The van der Waals surface area contributed by atoms with Gasteiger partial charge in [-0.25, -0.2) is 4.39 Å². The van der Waals surface area contributed by atoms with E-state index in [9.17, 15) is 9.18 Å². The van der Waals surface area contributed by atoms with Gasteiger partial charge in [-0.1, -0.05) is 24.3 Å². The van der Waals surface area contributed by atoms with Crippen LogP contribution in [0.15, 0.2) is 64.5 Å². The molecule has 30 heavy (non-hydrogen) atoms. The van der Waals surface area contributed by atoms with Crippen molar-refractivity contribution in [2.24, 2.45) is 5.10 Å². The lowest BCUT2D eigenvalue weighted by atomic mass is 9.96. The van der Waals surface area contributed by atoms with Crippen LogP contribution in [0.2, 0.25) is 0 Å². The summed E-state index contributed by atoms with van der Waals surface area (Å²) in [5, 5.41) is 6.40. The van der Waals surface area contributed by atoms with Crippen molar-refractivity contribution >= 4 is 11.4 Å². The van der Waals surface area contributed by atoms with Gasteiger partial charge in [0.15, 0.2) is 0 Å². The first-order valence-corrected chi connectivity index (χ1v) is 10.0. The summed E-state index contributed by atoms with van der Waals surface area (Å²) in [4.78, 5) is 15.5. The molecule has 1 aliphatic rings. The molecule has 1 atom stereocenters. The summed E-state index contributed by atoms with van der Waals surface area (Å²) in [6, 6.07) is 16.0. The fraction of sp³-hybridized carbons (Fsp3) is 0.250. The summed E-state index contributed by atoms with van der Waals surface area (Å²) in [5.74, 6) is 0.427. The van der Waals surface area contributed by atoms with Crippen molar-refractivity contribution in [2.45, 2.75) is 33.2 Å². The lowest BCUT2D eigenvalue weighted by molar-refractivity contribution is 0.340. The van der Waals surface area contributed by atoms with E-state index in [1.54, 1.807) is 23.2 Å². The first kappa shape index (κ1) is 19.9. The zero-order valence-corrected chi connectivity index (χ0v) is 17.3. The molecule has 0 bridgehead atoms. The van der Waals surface area contributed by atoms with E-state index in [0.717, 1.165) is 22.6 Å². The molecule has 4 rings (SSSR count). The Hall–Kier alpha value is -3.41. The van der Waals surface area contributed by atoms with Crippen LogP contribution in [0, 0.1) is 19.7 Å². The van der Waals surface area contributed by atoms with Gasteiger partial charge in [0.2, 0.25) is 0 Å². The van der Waals surface area contributed by atoms with Crippen molar-refractivity contribution in [2.75, 3.05) is 11.6 Å². The third kappa shape index (κ3) is 3.73. The molecule has 5 nitrogen and oxygen atoms in total. The van der Waals surface area contributed by atoms with Crippen molar-refractivity contribution in [1.82, 2.24) is 4.98 Å². The maximum atomic E-state index is 14.6. The maximum Gasteiger partial charge on any atom is 0.257 e. The van der Waals surface area contributed by atoms with Gasteiger partial charge in [0.25, 0.3) is 5.56 Å². The molecular weight excluding hydrogens is 381 g/mol. The molecule has 1 N–H and O–H groups in total. The average Bonchev–Trinajstić information content (AvgIpc) is 3.13. The highest BCUT2D eigenvalue weighted by atomic mass is 19.1. The minimum atomic E-state index is -0.354. The Morgan fingerprint density at radius 1 is 1.17 bits per heavy atom. The summed E-state index contributed by atoms with van der Waals surface area (Å²) in [6.07, 6.45) is 0.495. The second-order valence-corrected chi connectivity index (χ2v) is 7.40. The van der Waals surface area contributed by atoms with E-state index < -0.39 is 0 Å². The molecule has 0 saturated carbocycles. The highest BCUT2D eigenvalue weighted by Crippen LogP contribution is 2.38. The number of nitrogens with zero attached hydrogens (tertiary/aromatic N) is 2. The number of para-hydroxylation sites is 1. The molecule has 0 saturated heterocycles. The summed E-state index contributed by atoms with van der Waals surface area (Å²) < 4.78 is 20.2. The molecule has 1 aliphatic heterocycles. The number of aromatic nitrogens is 1. The summed E-state index contributed by atoms with van der Waals surface area (Å²) >= 11 is 0. The second-order valence-electron chi connectivity index (χ2n) is 7.40. The van der Waals surface area contributed by atoms with E-state index in [-0.39, 0.29) is 17.4 Å². The molecule has 0 fully saturated rings. The Balaban J connectivity index is 1.79. The summed E-state index contributed by atoms with van der Waals surface area (Å²) in [6.45, 7) is 6.28. The first-order valence-electron chi connectivity index (χ1n) is 10.0. The fourth-order valence-electron chi connectivity index (χ4n) is 3.95. The van der Waals surface area contributed by atoms with Gasteiger partial charge >= 0.3 is 0 Å². The SMILES string of the molecule is CCOc1ccc([C@@H]2CC(c3c(C)cc(C)[nH]c3=O)=NN2c2ccccc2F)cc1. The lowest BCUT2D eigenvalue weighted by Crippen LogP contribution is -2.20. The number of aromatic amines is 1. The number of H-pyrrole nitrogens is 1. The van der Waals surface area contributed by atoms with Crippen molar-refractivity contribution in [3.63, 3.8) is 0 Å². The van der Waals surface area contributed by atoms with E-state index in [1.165, 1.54) is 6.07 Å². The Morgan fingerprint density at radius 2 is 1.90 bits per heavy atom. The van der Waals surface area contributed by atoms with Crippen LogP contribution < -0.4 is 15.3 Å². The molecule has 0 amide bonds. The minimum absolute atomic E-state index is 0.174. The molecule has 0 aliphatic carbocycles. The minimum Gasteiger partial charge on any atom is -0.494 e. The van der Waals surface area contributed by atoms with E-state index in [0.29, 0.717) is 30.0 Å². The van der Waals surface area contributed by atoms with Gasteiger partial charge in [-0.2, -0.15) is 5.10 Å². The van der Waals surface area contributed by atoms with Crippen LogP contribution in [0.25, 0.3) is 0 Å². The number of hydrogen-bond acceptors (Lipinski definition) is 4. The number of ether oxygens (including phenoxy) is 1. The molecule has 0 unspecified atom stereocenters. The lowest BCUT2D eigenvalue weighted by Gasteiger charge is -2.24. The zero-order chi connectivity index (χ0) is 21.3. The predicted molar refractivity (Wildman–Crippen MR) is 117 cm³/mol. The summed E-state index contributed by atoms with van der Waals surface area (Å²) in [7, 11) is 0. The Morgan fingerprint density at radius 3 is 2.57 bits per heavy atom. The predicted octanol–water partition coefficient (Wildman–Crippen LogP) is 4.89. The largest absolute Gasteiger partial charge is 0.494 e. The Labute approximate surface area is 174 Å². The van der Waals surface area contributed by atoms with E-state index in [1.807, 2.05) is 51.1 Å². The Kier molecular flexibility index (Phi) is 5.40. The van der Waals surface area contributed by atoms with E-state index in [4.69, 9.17) is 9.84 Å². The standard InChI is InChI=1S/C24H24FN3O2/c1-4-30-18-11-9-17(10-12-18)22-14-20(23-15(2)13-16(3)26-24(23)29)27-28(22)21-8-6-5-7-19(21)25/h5-13,22H,4,14H2,1-3H3,(H,26,29)/t22-/m0/s1. The molecule has 2 heterocycles. The second kappa shape index (κ2) is 8.14. The molecular formula is C24H24FN3O2. The van der Waals surface area contributed by atoms with Gasteiger partial charge in [-0.3, -0.25) is 9.80 Å². The zero-order valence-electron chi connectivity index (χ0n) is 17.3. The number of halogens is 1. The van der Waals surface area contributed by atoms with Crippen LogP contribution in [0.3, 0.4) is 0 Å². The fourth-order valence-corrected chi connectivity index (χ4v) is 3.95. The van der Waals surface area contributed by atoms with Crippen LogP contribution in [-0.2, 0) is 0 Å². The van der Waals surface area contributed by atoms with Gasteiger partial charge < -0.3 is 9.72 Å². The molecule has 2 aromatic carbocycles. The van der Waals surface area contributed by atoms with Gasteiger partial charge in [-0.15, -0.1) is 0 Å². The number of pyridine rings is 1. The van der Waals surface area contributed by atoms with Crippen LogP contribution >= 0.6 is 0 Å². The van der Waals surface area contributed by atoms with Crippen LogP contribution in [-0.4, -0.2) is 17.3 Å². The highest BCUT2D eigenvalue weighted by molar-refractivity contribution is 6.04. The number of aryl methyl sites for hydroxylation is 2. The third-order valence-corrected chi connectivity index (χ3v) is 5.24. The smallest absolute Gasteiger partial charge is 0.257 e. The van der Waals surface area contributed by atoms with Crippen LogP contribution in [0.1, 0.15) is 41.8 Å². The molecule has 0 spiro atoms. The molecule has 0 radical (unpaired) electrons.